The molecule has 1 aromatic carbocycles. The number of hydrogen-bond acceptors (Lipinski definition) is 1. The average Bonchev–Trinajstić information content (AvgIpc) is 2.78. The Morgan fingerprint density at radius 3 is 2.24 bits per heavy atom. The third-order valence-electron chi connectivity index (χ3n) is 2.62. The Kier molecular flexibility index (Phi) is 2.95. The van der Waals surface area contributed by atoms with E-state index in [1.807, 2.05) is 0 Å². The number of ether oxygens (including phenoxy) is 1. The summed E-state index contributed by atoms with van der Waals surface area (Å²) in [5.41, 5.74) is -1.48. The van der Waals surface area contributed by atoms with E-state index in [-0.39, 0.29) is 0 Å². The Labute approximate surface area is 95.7 Å². The number of rotatable bonds is 4. The van der Waals surface area contributed by atoms with Gasteiger partial charge in [-0.05, 0) is 11.6 Å². The van der Waals surface area contributed by atoms with Crippen molar-refractivity contribution < 1.29 is 22.3 Å². The van der Waals surface area contributed by atoms with Gasteiger partial charge in [0.1, 0.15) is 0 Å². The van der Waals surface area contributed by atoms with Crippen LogP contribution in [0.3, 0.4) is 0 Å². The number of halogens is 4. The van der Waals surface area contributed by atoms with Crippen LogP contribution in [0.2, 0.25) is 0 Å². The fraction of sp³-hybridized carbons (Fsp3) is 0.333. The minimum Gasteiger partial charge on any atom is -0.305 e. The maximum atomic E-state index is 13.0. The van der Waals surface area contributed by atoms with Crippen LogP contribution in [0, 0.1) is 0 Å². The summed E-state index contributed by atoms with van der Waals surface area (Å²) in [7, 11) is 0. The molecule has 0 amide bonds. The summed E-state index contributed by atoms with van der Waals surface area (Å²) >= 11 is 0. The van der Waals surface area contributed by atoms with E-state index in [2.05, 4.69) is 4.74 Å². The van der Waals surface area contributed by atoms with E-state index in [1.165, 1.54) is 6.08 Å². The third kappa shape index (κ3) is 2.49. The summed E-state index contributed by atoms with van der Waals surface area (Å²) < 4.78 is 54.1. The van der Waals surface area contributed by atoms with Crippen molar-refractivity contribution in [3.05, 3.63) is 42.0 Å². The minimum absolute atomic E-state index is 0.660. The molecule has 1 aromatic rings. The normalized spacial score (nSPS) is 26.6. The molecular weight excluding hydrogens is 236 g/mol. The monoisotopic (exact) mass is 246 g/mol. The van der Waals surface area contributed by atoms with Crippen molar-refractivity contribution in [2.75, 3.05) is 0 Å². The zero-order valence-electron chi connectivity index (χ0n) is 8.75. The van der Waals surface area contributed by atoms with E-state index in [9.17, 15) is 17.6 Å². The predicted octanol–water partition coefficient (Wildman–Crippen LogP) is 3.72. The van der Waals surface area contributed by atoms with Gasteiger partial charge in [0.2, 0.25) is 0 Å². The van der Waals surface area contributed by atoms with Crippen molar-refractivity contribution in [2.24, 2.45) is 0 Å². The maximum absolute atomic E-state index is 13.0. The SMILES string of the molecule is FC(F)OC1(/C=C/c2ccccc2)CC1(F)F. The third-order valence-corrected chi connectivity index (χ3v) is 2.62. The molecule has 0 bridgehead atoms. The lowest BCUT2D eigenvalue weighted by atomic mass is 10.2. The van der Waals surface area contributed by atoms with Crippen LogP contribution in [0.25, 0.3) is 6.08 Å². The highest BCUT2D eigenvalue weighted by atomic mass is 19.3. The lowest BCUT2D eigenvalue weighted by Crippen LogP contribution is -2.23. The van der Waals surface area contributed by atoms with Crippen LogP contribution in [0.4, 0.5) is 17.6 Å². The number of alkyl halides is 4. The Hall–Kier alpha value is -1.36. The van der Waals surface area contributed by atoms with Crippen LogP contribution >= 0.6 is 0 Å². The first-order chi connectivity index (χ1) is 7.95. The highest BCUT2D eigenvalue weighted by molar-refractivity contribution is 5.52. The van der Waals surface area contributed by atoms with Crippen molar-refractivity contribution in [1.29, 1.82) is 0 Å². The second-order valence-electron chi connectivity index (χ2n) is 3.89. The van der Waals surface area contributed by atoms with Crippen molar-refractivity contribution >= 4 is 6.08 Å². The van der Waals surface area contributed by atoms with Crippen molar-refractivity contribution in [2.45, 2.75) is 24.6 Å². The molecule has 0 heterocycles. The molecule has 1 aliphatic carbocycles. The van der Waals surface area contributed by atoms with E-state index in [0.717, 1.165) is 6.08 Å². The van der Waals surface area contributed by atoms with Crippen molar-refractivity contribution in [1.82, 2.24) is 0 Å². The molecule has 1 fully saturated rings. The lowest BCUT2D eigenvalue weighted by Gasteiger charge is -2.12. The van der Waals surface area contributed by atoms with Crippen LogP contribution in [0.5, 0.6) is 0 Å². The fourth-order valence-corrected chi connectivity index (χ4v) is 1.59. The van der Waals surface area contributed by atoms with Gasteiger partial charge in [0.25, 0.3) is 5.92 Å². The molecule has 1 nitrogen and oxygen atoms in total. The second kappa shape index (κ2) is 4.14. The lowest BCUT2D eigenvalue weighted by molar-refractivity contribution is -0.182. The second-order valence-corrected chi connectivity index (χ2v) is 3.89. The Balaban J connectivity index is 2.13. The predicted molar refractivity (Wildman–Crippen MR) is 54.9 cm³/mol. The highest BCUT2D eigenvalue weighted by Gasteiger charge is 2.72. The standard InChI is InChI=1S/C12H10F4O/c13-10(14)17-11(8-12(11,15)16)7-6-9-4-2-1-3-5-9/h1-7,10H,8H2/b7-6+. The molecule has 0 aromatic heterocycles. The molecule has 1 aliphatic rings. The summed E-state index contributed by atoms with van der Waals surface area (Å²) in [6, 6.07) is 8.60. The van der Waals surface area contributed by atoms with E-state index in [4.69, 9.17) is 0 Å². The molecule has 17 heavy (non-hydrogen) atoms. The molecule has 0 N–H and O–H groups in total. The molecule has 1 saturated carbocycles. The first-order valence-corrected chi connectivity index (χ1v) is 5.03. The van der Waals surface area contributed by atoms with Crippen molar-refractivity contribution in [3.8, 4) is 0 Å². The van der Waals surface area contributed by atoms with E-state index in [1.54, 1.807) is 30.3 Å². The minimum atomic E-state index is -3.21. The summed E-state index contributed by atoms with van der Waals surface area (Å²) in [6.07, 6.45) is 1.67. The topological polar surface area (TPSA) is 9.23 Å². The van der Waals surface area contributed by atoms with Crippen LogP contribution in [0.1, 0.15) is 12.0 Å². The van der Waals surface area contributed by atoms with Crippen LogP contribution < -0.4 is 0 Å². The van der Waals surface area contributed by atoms with Crippen LogP contribution in [0.15, 0.2) is 36.4 Å². The average molecular weight is 246 g/mol. The maximum Gasteiger partial charge on any atom is 0.346 e. The molecule has 1 unspecified atom stereocenters. The van der Waals surface area contributed by atoms with Crippen LogP contribution in [-0.2, 0) is 4.74 Å². The summed E-state index contributed by atoms with van der Waals surface area (Å²) in [5, 5.41) is 0. The fourth-order valence-electron chi connectivity index (χ4n) is 1.59. The molecule has 1 atom stereocenters. The van der Waals surface area contributed by atoms with Crippen LogP contribution in [-0.4, -0.2) is 18.1 Å². The zero-order chi connectivity index (χ0) is 12.5. The van der Waals surface area contributed by atoms with Gasteiger partial charge in [0, 0.05) is 0 Å². The first-order valence-electron chi connectivity index (χ1n) is 5.03. The quantitative estimate of drug-likeness (QED) is 0.736. The molecule has 5 heteroatoms. The van der Waals surface area contributed by atoms with Gasteiger partial charge < -0.3 is 4.74 Å². The van der Waals surface area contributed by atoms with Crippen molar-refractivity contribution in [3.63, 3.8) is 0 Å². The molecular formula is C12H10F4O. The van der Waals surface area contributed by atoms with Gasteiger partial charge in [0.15, 0.2) is 5.60 Å². The summed E-state index contributed by atoms with van der Waals surface area (Å²) in [5.74, 6) is -3.21. The Morgan fingerprint density at radius 2 is 1.76 bits per heavy atom. The molecule has 92 valence electrons. The van der Waals surface area contributed by atoms with Gasteiger partial charge in [-0.1, -0.05) is 36.4 Å². The van der Waals surface area contributed by atoms with Gasteiger partial charge in [-0.3, -0.25) is 0 Å². The first kappa shape index (κ1) is 12.1. The zero-order valence-corrected chi connectivity index (χ0v) is 8.75. The van der Waals surface area contributed by atoms with Gasteiger partial charge in [-0.2, -0.15) is 8.78 Å². The van der Waals surface area contributed by atoms with Gasteiger partial charge in [-0.15, -0.1) is 0 Å². The Morgan fingerprint density at radius 1 is 1.18 bits per heavy atom. The van der Waals surface area contributed by atoms with E-state index < -0.39 is 24.6 Å². The van der Waals surface area contributed by atoms with E-state index >= 15 is 0 Å². The molecule has 2 rings (SSSR count). The molecule has 0 spiro atoms. The smallest absolute Gasteiger partial charge is 0.305 e. The highest BCUT2D eigenvalue weighted by Crippen LogP contribution is 2.57. The molecule has 0 saturated heterocycles. The Bertz CT molecular complexity index is 416. The van der Waals surface area contributed by atoms with Gasteiger partial charge >= 0.3 is 6.61 Å². The number of benzene rings is 1. The number of hydrogen-bond donors (Lipinski definition) is 0. The molecule has 0 radical (unpaired) electrons. The van der Waals surface area contributed by atoms with E-state index in [0.29, 0.717) is 5.56 Å². The summed E-state index contributed by atoms with van der Waals surface area (Å²) in [6.45, 7) is -3.20. The molecule has 0 aliphatic heterocycles. The largest absolute Gasteiger partial charge is 0.346 e. The van der Waals surface area contributed by atoms with Gasteiger partial charge in [0.05, 0.1) is 6.42 Å². The summed E-state index contributed by atoms with van der Waals surface area (Å²) in [4.78, 5) is 0. The van der Waals surface area contributed by atoms with Gasteiger partial charge in [-0.25, -0.2) is 8.78 Å².